The number of nitriles is 1. The van der Waals surface area contributed by atoms with Gasteiger partial charge in [0.1, 0.15) is 11.9 Å². The van der Waals surface area contributed by atoms with Crippen LogP contribution in [0.5, 0.6) is 0 Å². The Morgan fingerprint density at radius 2 is 2.00 bits per heavy atom. The molecule has 1 aromatic carbocycles. The highest BCUT2D eigenvalue weighted by atomic mass is 35.5. The van der Waals surface area contributed by atoms with Gasteiger partial charge in [0.2, 0.25) is 0 Å². The Labute approximate surface area is 168 Å². The maximum atomic E-state index is 12.5. The molecule has 3 rings (SSSR count). The zero-order valence-electron chi connectivity index (χ0n) is 14.5. The predicted molar refractivity (Wildman–Crippen MR) is 110 cm³/mol. The summed E-state index contributed by atoms with van der Waals surface area (Å²) < 4.78 is 0. The highest BCUT2D eigenvalue weighted by Gasteiger charge is 2.17. The molecule has 2 aromatic rings. The largest absolute Gasteiger partial charge is 0.370 e. The van der Waals surface area contributed by atoms with E-state index in [9.17, 15) is 10.1 Å². The van der Waals surface area contributed by atoms with Crippen molar-refractivity contribution in [3.63, 3.8) is 0 Å². The smallest absolute Gasteiger partial charge is 0.257 e. The van der Waals surface area contributed by atoms with Gasteiger partial charge < -0.3 is 10.2 Å². The molecule has 1 saturated heterocycles. The second-order valence-electron chi connectivity index (χ2n) is 6.16. The second kappa shape index (κ2) is 8.80. The molecule has 0 unspecified atom stereocenters. The maximum Gasteiger partial charge on any atom is 0.257 e. The van der Waals surface area contributed by atoms with Crippen LogP contribution in [-0.2, 0) is 0 Å². The van der Waals surface area contributed by atoms with Gasteiger partial charge in [0, 0.05) is 24.8 Å². The SMILES string of the molecule is N#Cc1cc(C(=O)NC(=S)Nc2ccc(Cl)cn2)ccc1N1CCCCC1. The summed E-state index contributed by atoms with van der Waals surface area (Å²) in [6.07, 6.45) is 4.93. The number of thiocarbonyl (C=S) groups is 1. The second-order valence-corrected chi connectivity index (χ2v) is 7.01. The summed E-state index contributed by atoms with van der Waals surface area (Å²) in [6, 6.07) is 10.7. The number of rotatable bonds is 3. The van der Waals surface area contributed by atoms with Gasteiger partial charge in [0.15, 0.2) is 5.11 Å². The van der Waals surface area contributed by atoms with E-state index < -0.39 is 0 Å². The summed E-state index contributed by atoms with van der Waals surface area (Å²) in [5, 5.41) is 15.5. The lowest BCUT2D eigenvalue weighted by Crippen LogP contribution is -2.34. The van der Waals surface area contributed by atoms with Gasteiger partial charge in [-0.2, -0.15) is 5.26 Å². The predicted octanol–water partition coefficient (Wildman–Crippen LogP) is 3.72. The van der Waals surface area contributed by atoms with Crippen molar-refractivity contribution in [1.82, 2.24) is 10.3 Å². The van der Waals surface area contributed by atoms with E-state index in [4.69, 9.17) is 23.8 Å². The van der Waals surface area contributed by atoms with Crippen LogP contribution < -0.4 is 15.5 Å². The topological polar surface area (TPSA) is 81.0 Å². The molecule has 0 saturated carbocycles. The van der Waals surface area contributed by atoms with Gasteiger partial charge in [-0.25, -0.2) is 4.98 Å². The van der Waals surface area contributed by atoms with Crippen LogP contribution in [0.15, 0.2) is 36.5 Å². The molecule has 1 fully saturated rings. The molecule has 138 valence electrons. The first kappa shape index (κ1) is 19.1. The fourth-order valence-electron chi connectivity index (χ4n) is 2.95. The van der Waals surface area contributed by atoms with Crippen LogP contribution in [0, 0.1) is 11.3 Å². The number of hydrogen-bond acceptors (Lipinski definition) is 5. The molecule has 2 N–H and O–H groups in total. The number of halogens is 1. The summed E-state index contributed by atoms with van der Waals surface area (Å²) in [4.78, 5) is 18.7. The lowest BCUT2D eigenvalue weighted by molar-refractivity contribution is 0.0977. The quantitative estimate of drug-likeness (QED) is 0.765. The summed E-state index contributed by atoms with van der Waals surface area (Å²) in [5.74, 6) is 0.0889. The van der Waals surface area contributed by atoms with Gasteiger partial charge >= 0.3 is 0 Å². The van der Waals surface area contributed by atoms with Crippen LogP contribution in [0.4, 0.5) is 11.5 Å². The molecule has 1 aliphatic rings. The van der Waals surface area contributed by atoms with Crippen molar-refractivity contribution in [3.05, 3.63) is 52.7 Å². The van der Waals surface area contributed by atoms with Crippen molar-refractivity contribution in [3.8, 4) is 6.07 Å². The Morgan fingerprint density at radius 1 is 1.22 bits per heavy atom. The minimum Gasteiger partial charge on any atom is -0.370 e. The Bertz CT molecular complexity index is 888. The number of hydrogen-bond donors (Lipinski definition) is 2. The van der Waals surface area contributed by atoms with Crippen molar-refractivity contribution in [2.75, 3.05) is 23.3 Å². The Morgan fingerprint density at radius 3 is 2.67 bits per heavy atom. The zero-order chi connectivity index (χ0) is 19.2. The van der Waals surface area contributed by atoms with Crippen LogP contribution in [-0.4, -0.2) is 29.1 Å². The fraction of sp³-hybridized carbons (Fsp3) is 0.263. The molecule has 0 radical (unpaired) electrons. The summed E-state index contributed by atoms with van der Waals surface area (Å²) in [7, 11) is 0. The molecule has 0 bridgehead atoms. The minimum absolute atomic E-state index is 0.119. The molecule has 8 heteroatoms. The lowest BCUT2D eigenvalue weighted by Gasteiger charge is -2.29. The summed E-state index contributed by atoms with van der Waals surface area (Å²) in [5.41, 5.74) is 1.74. The van der Waals surface area contributed by atoms with Crippen molar-refractivity contribution in [1.29, 1.82) is 5.26 Å². The van der Waals surface area contributed by atoms with Crippen LogP contribution in [0.3, 0.4) is 0 Å². The number of benzene rings is 1. The molecule has 1 aliphatic heterocycles. The number of carbonyl (C=O) groups excluding carboxylic acids is 1. The van der Waals surface area contributed by atoms with Gasteiger partial charge in [0.05, 0.1) is 16.3 Å². The Kier molecular flexibility index (Phi) is 6.22. The van der Waals surface area contributed by atoms with Gasteiger partial charge in [-0.3, -0.25) is 10.1 Å². The van der Waals surface area contributed by atoms with E-state index in [1.165, 1.54) is 12.6 Å². The third kappa shape index (κ3) is 4.94. The van der Waals surface area contributed by atoms with E-state index >= 15 is 0 Å². The Balaban J connectivity index is 1.68. The number of aromatic nitrogens is 1. The first-order valence-corrected chi connectivity index (χ1v) is 9.38. The lowest BCUT2D eigenvalue weighted by atomic mass is 10.0. The number of nitrogens with one attached hydrogen (secondary N) is 2. The molecule has 2 heterocycles. The number of anilines is 2. The first-order valence-electron chi connectivity index (χ1n) is 8.60. The van der Waals surface area contributed by atoms with E-state index in [0.717, 1.165) is 31.6 Å². The molecule has 0 atom stereocenters. The molecule has 0 aliphatic carbocycles. The van der Waals surface area contributed by atoms with Crippen molar-refractivity contribution in [2.24, 2.45) is 0 Å². The molecule has 1 amide bonds. The zero-order valence-corrected chi connectivity index (χ0v) is 16.1. The van der Waals surface area contributed by atoms with E-state index in [1.807, 2.05) is 6.07 Å². The van der Waals surface area contributed by atoms with Crippen molar-refractivity contribution < 1.29 is 4.79 Å². The van der Waals surface area contributed by atoms with Gasteiger partial charge in [-0.1, -0.05) is 11.6 Å². The summed E-state index contributed by atoms with van der Waals surface area (Å²) >= 11 is 10.9. The van der Waals surface area contributed by atoms with E-state index in [2.05, 4.69) is 26.6 Å². The van der Waals surface area contributed by atoms with Gasteiger partial charge in [-0.15, -0.1) is 0 Å². The molecular formula is C19H18ClN5OS. The fourth-order valence-corrected chi connectivity index (χ4v) is 3.26. The highest BCUT2D eigenvalue weighted by Crippen LogP contribution is 2.25. The van der Waals surface area contributed by atoms with E-state index in [1.54, 1.807) is 24.3 Å². The third-order valence-corrected chi connectivity index (χ3v) is 4.70. The average molecular weight is 400 g/mol. The van der Waals surface area contributed by atoms with E-state index in [0.29, 0.717) is 22.0 Å². The van der Waals surface area contributed by atoms with Gasteiger partial charge in [0.25, 0.3) is 5.91 Å². The molecule has 6 nitrogen and oxygen atoms in total. The molecule has 0 spiro atoms. The Hall–Kier alpha value is -2.69. The first-order chi connectivity index (χ1) is 13.1. The van der Waals surface area contributed by atoms with Crippen LogP contribution in [0.25, 0.3) is 0 Å². The van der Waals surface area contributed by atoms with Gasteiger partial charge in [-0.05, 0) is 61.8 Å². The monoisotopic (exact) mass is 399 g/mol. The number of amides is 1. The number of nitrogens with zero attached hydrogens (tertiary/aromatic N) is 3. The van der Waals surface area contributed by atoms with Crippen molar-refractivity contribution >= 4 is 46.3 Å². The molecular weight excluding hydrogens is 382 g/mol. The maximum absolute atomic E-state index is 12.5. The van der Waals surface area contributed by atoms with Crippen molar-refractivity contribution in [2.45, 2.75) is 19.3 Å². The van der Waals surface area contributed by atoms with Crippen LogP contribution >= 0.6 is 23.8 Å². The number of pyridine rings is 1. The van der Waals surface area contributed by atoms with Crippen LogP contribution in [0.2, 0.25) is 5.02 Å². The molecule has 1 aromatic heterocycles. The number of piperidine rings is 1. The van der Waals surface area contributed by atoms with Crippen LogP contribution in [0.1, 0.15) is 35.2 Å². The summed E-state index contributed by atoms with van der Waals surface area (Å²) in [6.45, 7) is 1.87. The number of carbonyl (C=O) groups is 1. The minimum atomic E-state index is -0.386. The normalized spacial score (nSPS) is 13.6. The molecule has 27 heavy (non-hydrogen) atoms. The van der Waals surface area contributed by atoms with E-state index in [-0.39, 0.29) is 11.0 Å². The average Bonchev–Trinajstić information content (AvgIpc) is 2.69. The third-order valence-electron chi connectivity index (χ3n) is 4.27. The standard InChI is InChI=1S/C19H18ClN5OS/c20-15-5-7-17(22-12-15)23-19(27)24-18(26)13-4-6-16(14(10-13)11-21)25-8-2-1-3-9-25/h4-7,10,12H,1-3,8-9H2,(H2,22,23,24,26,27). The highest BCUT2D eigenvalue weighted by molar-refractivity contribution is 7.80.